The van der Waals surface area contributed by atoms with Gasteiger partial charge in [-0.3, -0.25) is 16.3 Å². The van der Waals surface area contributed by atoms with Gasteiger partial charge < -0.3 is 0 Å². The minimum Gasteiger partial charge on any atom is -0.271 e. The molecule has 84 valence electrons. The number of nitrogens with zero attached hydrogens (tertiary/aromatic N) is 1. The number of pyridine rings is 1. The van der Waals surface area contributed by atoms with E-state index in [0.29, 0.717) is 11.3 Å². The Morgan fingerprint density at radius 3 is 2.60 bits per heavy atom. The van der Waals surface area contributed by atoms with Gasteiger partial charge in [0.2, 0.25) is 0 Å². The highest BCUT2D eigenvalue weighted by atomic mass is 32.2. The molecule has 0 radical (unpaired) electrons. The van der Waals surface area contributed by atoms with Crippen LogP contribution in [-0.4, -0.2) is 22.0 Å². The van der Waals surface area contributed by atoms with E-state index in [9.17, 15) is 0 Å². The van der Waals surface area contributed by atoms with Crippen molar-refractivity contribution in [2.24, 2.45) is 5.84 Å². The van der Waals surface area contributed by atoms with Gasteiger partial charge in [-0.2, -0.15) is 11.8 Å². The molecule has 0 aliphatic heterocycles. The number of rotatable bonds is 6. The van der Waals surface area contributed by atoms with Crippen LogP contribution in [0.4, 0.5) is 0 Å². The van der Waals surface area contributed by atoms with Gasteiger partial charge in [0.1, 0.15) is 0 Å². The highest BCUT2D eigenvalue weighted by Gasteiger charge is 2.08. The average Bonchev–Trinajstić information content (AvgIpc) is 2.25. The van der Waals surface area contributed by atoms with E-state index in [1.165, 1.54) is 5.56 Å². The van der Waals surface area contributed by atoms with Crippen molar-refractivity contribution >= 4 is 11.8 Å². The monoisotopic (exact) mass is 225 g/mol. The first-order valence-corrected chi connectivity index (χ1v) is 6.24. The highest BCUT2D eigenvalue weighted by Crippen LogP contribution is 2.12. The van der Waals surface area contributed by atoms with Gasteiger partial charge in [0.05, 0.1) is 0 Å². The van der Waals surface area contributed by atoms with E-state index in [1.807, 2.05) is 36.3 Å². The standard InChI is InChI=1S/C11H19N3S/c1-9(2)15-8-11(14-12)7-10-3-5-13-6-4-10/h3-6,9,11,14H,7-8,12H2,1-2H3. The van der Waals surface area contributed by atoms with Crippen molar-refractivity contribution in [2.45, 2.75) is 31.6 Å². The van der Waals surface area contributed by atoms with Gasteiger partial charge in [0, 0.05) is 24.2 Å². The smallest absolute Gasteiger partial charge is 0.0341 e. The van der Waals surface area contributed by atoms with Gasteiger partial charge in [-0.15, -0.1) is 0 Å². The molecule has 3 nitrogen and oxygen atoms in total. The minimum absolute atomic E-state index is 0.333. The summed E-state index contributed by atoms with van der Waals surface area (Å²) in [4.78, 5) is 4.00. The summed E-state index contributed by atoms with van der Waals surface area (Å²) in [5.41, 5.74) is 4.14. The van der Waals surface area contributed by atoms with Crippen molar-refractivity contribution in [2.75, 3.05) is 5.75 Å². The Labute approximate surface area is 95.8 Å². The van der Waals surface area contributed by atoms with Crippen LogP contribution in [0.2, 0.25) is 0 Å². The molecule has 1 unspecified atom stereocenters. The Hall–Kier alpha value is -0.580. The molecule has 1 rings (SSSR count). The number of aromatic nitrogens is 1. The third kappa shape index (κ3) is 5.16. The van der Waals surface area contributed by atoms with Gasteiger partial charge in [-0.25, -0.2) is 0 Å². The lowest BCUT2D eigenvalue weighted by atomic mass is 10.1. The van der Waals surface area contributed by atoms with Crippen molar-refractivity contribution in [3.05, 3.63) is 30.1 Å². The quantitative estimate of drug-likeness (QED) is 0.570. The molecule has 1 aromatic rings. The van der Waals surface area contributed by atoms with Crippen LogP contribution in [0.25, 0.3) is 0 Å². The van der Waals surface area contributed by atoms with Crippen molar-refractivity contribution in [3.63, 3.8) is 0 Å². The van der Waals surface area contributed by atoms with Crippen LogP contribution in [0.5, 0.6) is 0 Å². The van der Waals surface area contributed by atoms with Crippen LogP contribution < -0.4 is 11.3 Å². The van der Waals surface area contributed by atoms with Gasteiger partial charge in [0.15, 0.2) is 0 Å². The van der Waals surface area contributed by atoms with Crippen molar-refractivity contribution in [1.29, 1.82) is 0 Å². The van der Waals surface area contributed by atoms with Gasteiger partial charge in [-0.05, 0) is 29.4 Å². The molecular weight excluding hydrogens is 206 g/mol. The third-order valence-corrected chi connectivity index (χ3v) is 3.36. The second-order valence-electron chi connectivity index (χ2n) is 3.81. The predicted molar refractivity (Wildman–Crippen MR) is 66.6 cm³/mol. The molecule has 0 fully saturated rings. The van der Waals surface area contributed by atoms with E-state index in [-0.39, 0.29) is 0 Å². The number of hydrogen-bond acceptors (Lipinski definition) is 4. The van der Waals surface area contributed by atoms with Gasteiger partial charge in [0.25, 0.3) is 0 Å². The summed E-state index contributed by atoms with van der Waals surface area (Å²) in [5.74, 6) is 6.57. The topological polar surface area (TPSA) is 50.9 Å². The van der Waals surface area contributed by atoms with E-state index < -0.39 is 0 Å². The van der Waals surface area contributed by atoms with Crippen LogP contribution in [0.3, 0.4) is 0 Å². The first-order chi connectivity index (χ1) is 7.22. The third-order valence-electron chi connectivity index (χ3n) is 2.10. The van der Waals surface area contributed by atoms with Crippen LogP contribution in [-0.2, 0) is 6.42 Å². The second-order valence-corrected chi connectivity index (χ2v) is 5.41. The summed E-state index contributed by atoms with van der Waals surface area (Å²) in [6.45, 7) is 4.40. The lowest BCUT2D eigenvalue weighted by Gasteiger charge is -2.16. The maximum Gasteiger partial charge on any atom is 0.0341 e. The first kappa shape index (κ1) is 12.5. The molecule has 1 heterocycles. The zero-order chi connectivity index (χ0) is 11.1. The average molecular weight is 225 g/mol. The highest BCUT2D eigenvalue weighted by molar-refractivity contribution is 7.99. The number of hydrogen-bond donors (Lipinski definition) is 2. The van der Waals surface area contributed by atoms with Gasteiger partial charge >= 0.3 is 0 Å². The summed E-state index contributed by atoms with van der Waals surface area (Å²) in [6, 6.07) is 4.40. The summed E-state index contributed by atoms with van der Waals surface area (Å²) in [6.07, 6.45) is 4.59. The molecule has 1 aromatic heterocycles. The largest absolute Gasteiger partial charge is 0.271 e. The SMILES string of the molecule is CC(C)SCC(Cc1ccncc1)NN. The molecule has 0 aliphatic rings. The molecule has 0 aromatic carbocycles. The molecule has 0 bridgehead atoms. The predicted octanol–water partition coefficient (Wildman–Crippen LogP) is 1.60. The lowest BCUT2D eigenvalue weighted by molar-refractivity contribution is 0.575. The maximum absolute atomic E-state index is 5.53. The molecule has 0 saturated carbocycles. The lowest BCUT2D eigenvalue weighted by Crippen LogP contribution is -2.39. The van der Waals surface area contributed by atoms with E-state index in [0.717, 1.165) is 12.2 Å². The number of hydrazine groups is 1. The van der Waals surface area contributed by atoms with Crippen LogP contribution in [0.15, 0.2) is 24.5 Å². The maximum atomic E-state index is 5.53. The van der Waals surface area contributed by atoms with E-state index in [4.69, 9.17) is 5.84 Å². The summed E-state index contributed by atoms with van der Waals surface area (Å²) in [5, 5.41) is 0.651. The Kier molecular flexibility index (Phi) is 5.68. The summed E-state index contributed by atoms with van der Waals surface area (Å²) < 4.78 is 0. The Morgan fingerprint density at radius 2 is 2.07 bits per heavy atom. The van der Waals surface area contributed by atoms with E-state index in [2.05, 4.69) is 24.3 Å². The van der Waals surface area contributed by atoms with E-state index in [1.54, 1.807) is 0 Å². The van der Waals surface area contributed by atoms with Crippen LogP contribution in [0, 0.1) is 0 Å². The molecule has 1 atom stereocenters. The molecule has 3 N–H and O–H groups in total. The number of nitrogens with two attached hydrogens (primary N) is 1. The fourth-order valence-corrected chi connectivity index (χ4v) is 2.11. The van der Waals surface area contributed by atoms with Crippen LogP contribution in [0.1, 0.15) is 19.4 Å². The zero-order valence-corrected chi connectivity index (χ0v) is 10.1. The minimum atomic E-state index is 0.333. The molecule has 15 heavy (non-hydrogen) atoms. The first-order valence-electron chi connectivity index (χ1n) is 5.19. The van der Waals surface area contributed by atoms with Crippen LogP contribution >= 0.6 is 11.8 Å². The van der Waals surface area contributed by atoms with Crippen molar-refractivity contribution in [1.82, 2.24) is 10.4 Å². The normalized spacial score (nSPS) is 13.1. The molecule has 0 amide bonds. The molecule has 0 spiro atoms. The Morgan fingerprint density at radius 1 is 1.40 bits per heavy atom. The Bertz CT molecular complexity index is 264. The Balaban J connectivity index is 2.40. The second kappa shape index (κ2) is 6.82. The zero-order valence-electron chi connectivity index (χ0n) is 9.31. The number of thioether (sulfide) groups is 1. The molecule has 4 heteroatoms. The summed E-state index contributed by atoms with van der Waals surface area (Å²) >= 11 is 1.93. The fourth-order valence-electron chi connectivity index (χ4n) is 1.28. The summed E-state index contributed by atoms with van der Waals surface area (Å²) in [7, 11) is 0. The van der Waals surface area contributed by atoms with Gasteiger partial charge in [-0.1, -0.05) is 13.8 Å². The van der Waals surface area contributed by atoms with E-state index >= 15 is 0 Å². The molecule has 0 saturated heterocycles. The molecule has 0 aliphatic carbocycles. The molecular formula is C11H19N3S. The number of nitrogens with one attached hydrogen (secondary N) is 1. The van der Waals surface area contributed by atoms with Crippen molar-refractivity contribution < 1.29 is 0 Å². The van der Waals surface area contributed by atoms with Crippen molar-refractivity contribution in [3.8, 4) is 0 Å². The fraction of sp³-hybridized carbons (Fsp3) is 0.545.